The van der Waals surface area contributed by atoms with Gasteiger partial charge in [-0.1, -0.05) is 42.5 Å². The van der Waals surface area contributed by atoms with Gasteiger partial charge in [0.15, 0.2) is 0 Å². The van der Waals surface area contributed by atoms with Crippen molar-refractivity contribution in [3.05, 3.63) is 89.8 Å². The first-order chi connectivity index (χ1) is 14.4. The average Bonchev–Trinajstić information content (AvgIpc) is 3.16. The van der Waals surface area contributed by atoms with Gasteiger partial charge in [0.2, 0.25) is 5.91 Å². The van der Waals surface area contributed by atoms with Crippen LogP contribution in [0.15, 0.2) is 67.0 Å². The van der Waals surface area contributed by atoms with E-state index in [1.165, 1.54) is 17.0 Å². The molecule has 0 aliphatic carbocycles. The zero-order valence-electron chi connectivity index (χ0n) is 16.7. The minimum atomic E-state index is -0.593. The molecule has 3 amide bonds. The van der Waals surface area contributed by atoms with Crippen LogP contribution in [-0.4, -0.2) is 32.9 Å². The normalized spacial score (nSPS) is 11.7. The van der Waals surface area contributed by atoms with Crippen LogP contribution in [0.3, 0.4) is 0 Å². The molecule has 156 valence electrons. The number of hydrogen-bond acceptors (Lipinski definition) is 3. The van der Waals surface area contributed by atoms with Gasteiger partial charge >= 0.3 is 6.03 Å². The summed E-state index contributed by atoms with van der Waals surface area (Å²) in [6.07, 6.45) is 3.45. The van der Waals surface area contributed by atoms with E-state index in [0.717, 1.165) is 5.56 Å². The van der Waals surface area contributed by atoms with Gasteiger partial charge in [-0.25, -0.2) is 14.2 Å². The second-order valence-electron chi connectivity index (χ2n) is 6.95. The van der Waals surface area contributed by atoms with Crippen LogP contribution in [0, 0.1) is 5.82 Å². The van der Waals surface area contributed by atoms with Crippen molar-refractivity contribution in [3.63, 3.8) is 0 Å². The number of imidazole rings is 1. The van der Waals surface area contributed by atoms with Gasteiger partial charge in [-0.3, -0.25) is 4.79 Å². The lowest BCUT2D eigenvalue weighted by Gasteiger charge is -2.26. The smallest absolute Gasteiger partial charge is 0.318 e. The molecule has 0 aliphatic rings. The maximum atomic E-state index is 13.4. The molecule has 2 aromatic carbocycles. The first-order valence-corrected chi connectivity index (χ1v) is 9.54. The van der Waals surface area contributed by atoms with Crippen LogP contribution in [0.4, 0.5) is 9.18 Å². The van der Waals surface area contributed by atoms with E-state index < -0.39 is 11.9 Å². The van der Waals surface area contributed by atoms with E-state index in [0.29, 0.717) is 17.9 Å². The van der Waals surface area contributed by atoms with Gasteiger partial charge in [-0.2, -0.15) is 0 Å². The van der Waals surface area contributed by atoms with Crippen molar-refractivity contribution in [2.45, 2.75) is 19.0 Å². The topological polar surface area (TPSA) is 93.2 Å². The van der Waals surface area contributed by atoms with Gasteiger partial charge in [0.1, 0.15) is 17.7 Å². The lowest BCUT2D eigenvalue weighted by atomic mass is 10.1. The molecule has 8 heteroatoms. The number of carbonyl (C=O) groups is 2. The number of urea groups is 1. The lowest BCUT2D eigenvalue weighted by Crippen LogP contribution is -2.43. The van der Waals surface area contributed by atoms with Crippen LogP contribution >= 0.6 is 0 Å². The van der Waals surface area contributed by atoms with Crippen molar-refractivity contribution < 1.29 is 14.0 Å². The summed E-state index contributed by atoms with van der Waals surface area (Å²) in [4.78, 5) is 30.3. The number of amides is 3. The third-order valence-electron chi connectivity index (χ3n) is 4.72. The minimum Gasteiger partial charge on any atom is -0.370 e. The third kappa shape index (κ3) is 5.44. The number of benzene rings is 2. The van der Waals surface area contributed by atoms with Crippen molar-refractivity contribution in [2.24, 2.45) is 12.8 Å². The summed E-state index contributed by atoms with van der Waals surface area (Å²) in [5.74, 6) is -0.250. The van der Waals surface area contributed by atoms with Crippen LogP contribution < -0.4 is 11.1 Å². The van der Waals surface area contributed by atoms with E-state index in [4.69, 9.17) is 5.73 Å². The number of aryl methyl sites for hydroxylation is 1. The fraction of sp³-hybridized carbons (Fsp3) is 0.227. The Morgan fingerprint density at radius 3 is 2.47 bits per heavy atom. The molecule has 3 aromatic rings. The van der Waals surface area contributed by atoms with Crippen LogP contribution in [0.5, 0.6) is 0 Å². The summed E-state index contributed by atoms with van der Waals surface area (Å²) in [7, 11) is 1.82. The first kappa shape index (κ1) is 21.0. The fourth-order valence-corrected chi connectivity index (χ4v) is 3.12. The summed E-state index contributed by atoms with van der Waals surface area (Å²) in [6.45, 7) is 0.490. The molecule has 3 rings (SSSR count). The average molecular weight is 409 g/mol. The number of hydrogen-bond donors (Lipinski definition) is 2. The molecule has 0 saturated heterocycles. The second-order valence-corrected chi connectivity index (χ2v) is 6.95. The number of nitrogens with two attached hydrogens (primary N) is 1. The Kier molecular flexibility index (Phi) is 6.79. The van der Waals surface area contributed by atoms with Crippen LogP contribution in [0.25, 0.3) is 0 Å². The van der Waals surface area contributed by atoms with Gasteiger partial charge < -0.3 is 20.5 Å². The third-order valence-corrected chi connectivity index (χ3v) is 4.72. The first-order valence-electron chi connectivity index (χ1n) is 9.54. The van der Waals surface area contributed by atoms with Crippen LogP contribution in [0.2, 0.25) is 0 Å². The quantitative estimate of drug-likeness (QED) is 0.599. The maximum Gasteiger partial charge on any atom is 0.318 e. The minimum absolute atomic E-state index is 0.0455. The standard InChI is InChI=1S/C22H24FN5O2/c1-27-14-12-25-21(27)20(17-7-9-18(23)10-8-17)26-22(30)28(13-11-19(24)29)15-16-5-3-2-4-6-16/h2-10,12,14,20H,11,13,15H2,1H3,(H2,24,29)(H,26,30). The van der Waals surface area contributed by atoms with E-state index in [-0.39, 0.29) is 24.8 Å². The molecular formula is C22H24FN5O2. The molecule has 0 saturated carbocycles. The molecule has 7 nitrogen and oxygen atoms in total. The van der Waals surface area contributed by atoms with E-state index in [1.807, 2.05) is 37.4 Å². The number of rotatable bonds is 8. The number of nitrogens with one attached hydrogen (secondary N) is 1. The highest BCUT2D eigenvalue weighted by Crippen LogP contribution is 2.21. The predicted molar refractivity (Wildman–Crippen MR) is 111 cm³/mol. The molecule has 3 N–H and O–H groups in total. The summed E-state index contributed by atoms with van der Waals surface area (Å²) < 4.78 is 15.2. The highest BCUT2D eigenvalue weighted by atomic mass is 19.1. The van der Waals surface area contributed by atoms with Gasteiger partial charge in [-0.05, 0) is 23.3 Å². The Balaban J connectivity index is 1.86. The Morgan fingerprint density at radius 1 is 1.17 bits per heavy atom. The second kappa shape index (κ2) is 9.69. The number of aromatic nitrogens is 2. The van der Waals surface area contributed by atoms with Crippen molar-refractivity contribution >= 4 is 11.9 Å². The van der Waals surface area contributed by atoms with Crippen molar-refractivity contribution in [2.75, 3.05) is 6.54 Å². The molecular weight excluding hydrogens is 385 g/mol. The molecule has 1 aromatic heterocycles. The van der Waals surface area contributed by atoms with Gasteiger partial charge in [0.05, 0.1) is 0 Å². The molecule has 30 heavy (non-hydrogen) atoms. The summed E-state index contributed by atoms with van der Waals surface area (Å²) in [5.41, 5.74) is 6.90. The molecule has 1 heterocycles. The van der Waals surface area contributed by atoms with E-state index in [2.05, 4.69) is 10.3 Å². The number of carbonyl (C=O) groups excluding carboxylic acids is 2. The molecule has 0 aliphatic heterocycles. The molecule has 0 radical (unpaired) electrons. The van der Waals surface area contributed by atoms with Gasteiger partial charge in [-0.15, -0.1) is 0 Å². The molecule has 1 unspecified atom stereocenters. The molecule has 0 fully saturated rings. The Hall–Kier alpha value is -3.68. The maximum absolute atomic E-state index is 13.4. The Morgan fingerprint density at radius 2 is 1.87 bits per heavy atom. The fourth-order valence-electron chi connectivity index (χ4n) is 3.12. The SMILES string of the molecule is Cn1ccnc1C(NC(=O)N(CCC(N)=O)Cc1ccccc1)c1ccc(F)cc1. The monoisotopic (exact) mass is 409 g/mol. The molecule has 0 bridgehead atoms. The molecule has 0 spiro atoms. The van der Waals surface area contributed by atoms with Crippen molar-refractivity contribution in [1.82, 2.24) is 19.8 Å². The van der Waals surface area contributed by atoms with Crippen LogP contribution in [0.1, 0.15) is 29.4 Å². The zero-order valence-corrected chi connectivity index (χ0v) is 16.7. The van der Waals surface area contributed by atoms with E-state index in [1.54, 1.807) is 29.1 Å². The summed E-state index contributed by atoms with van der Waals surface area (Å²) >= 11 is 0. The van der Waals surface area contributed by atoms with Crippen molar-refractivity contribution in [1.29, 1.82) is 0 Å². The highest BCUT2D eigenvalue weighted by molar-refractivity contribution is 5.77. The summed E-state index contributed by atoms with van der Waals surface area (Å²) in [5, 5.41) is 2.97. The Bertz CT molecular complexity index is 988. The number of halogens is 1. The summed E-state index contributed by atoms with van der Waals surface area (Å²) in [6, 6.07) is 14.4. The van der Waals surface area contributed by atoms with Crippen molar-refractivity contribution in [3.8, 4) is 0 Å². The van der Waals surface area contributed by atoms with Gasteiger partial charge in [0, 0.05) is 39.0 Å². The van der Waals surface area contributed by atoms with E-state index >= 15 is 0 Å². The predicted octanol–water partition coefficient (Wildman–Crippen LogP) is 2.74. The van der Waals surface area contributed by atoms with E-state index in [9.17, 15) is 14.0 Å². The number of primary amides is 1. The Labute approximate surface area is 174 Å². The van der Waals surface area contributed by atoms with Crippen LogP contribution in [-0.2, 0) is 18.4 Å². The molecule has 1 atom stereocenters. The highest BCUT2D eigenvalue weighted by Gasteiger charge is 2.24. The lowest BCUT2D eigenvalue weighted by molar-refractivity contribution is -0.118. The largest absolute Gasteiger partial charge is 0.370 e. The van der Waals surface area contributed by atoms with Gasteiger partial charge in [0.25, 0.3) is 0 Å². The zero-order chi connectivity index (χ0) is 21.5. The number of nitrogens with zero attached hydrogens (tertiary/aromatic N) is 3.